The Hall–Kier alpha value is -1.84. The van der Waals surface area contributed by atoms with Gasteiger partial charge in [-0.3, -0.25) is 9.59 Å². The summed E-state index contributed by atoms with van der Waals surface area (Å²) in [5.74, 6) is 5.75. The third-order valence-electron chi connectivity index (χ3n) is 6.51. The van der Waals surface area contributed by atoms with Crippen molar-refractivity contribution in [1.82, 2.24) is 0 Å². The monoisotopic (exact) mass is 434 g/mol. The number of hydrogen-bond donors (Lipinski definition) is 1. The molecule has 1 saturated carbocycles. The molecular weight excluding hydrogens is 396 g/mol. The largest absolute Gasteiger partial charge is 0.469 e. The molecule has 1 N–H and O–H groups in total. The van der Waals surface area contributed by atoms with Crippen LogP contribution in [-0.4, -0.2) is 48.6 Å². The first-order valence-electron chi connectivity index (χ1n) is 11.3. The zero-order valence-electron chi connectivity index (χ0n) is 19.6. The van der Waals surface area contributed by atoms with Gasteiger partial charge in [0, 0.05) is 37.5 Å². The van der Waals surface area contributed by atoms with E-state index in [1.807, 2.05) is 26.0 Å². The van der Waals surface area contributed by atoms with E-state index in [9.17, 15) is 14.7 Å². The molecule has 0 aromatic carbocycles. The first kappa shape index (κ1) is 25.4. The van der Waals surface area contributed by atoms with Gasteiger partial charge in [-0.2, -0.15) is 0 Å². The lowest BCUT2D eigenvalue weighted by Gasteiger charge is -2.27. The summed E-state index contributed by atoms with van der Waals surface area (Å²) >= 11 is 0. The van der Waals surface area contributed by atoms with Gasteiger partial charge in [0.2, 0.25) is 0 Å². The summed E-state index contributed by atoms with van der Waals surface area (Å²) in [5.41, 5.74) is -0.358. The predicted octanol–water partition coefficient (Wildman–Crippen LogP) is 3.80. The molecule has 2 fully saturated rings. The second-order valence-electron chi connectivity index (χ2n) is 9.40. The van der Waals surface area contributed by atoms with Crippen LogP contribution in [0.4, 0.5) is 0 Å². The highest BCUT2D eigenvalue weighted by molar-refractivity contribution is 5.69. The molecule has 1 aliphatic heterocycles. The lowest BCUT2D eigenvalue weighted by Crippen LogP contribution is -2.28. The van der Waals surface area contributed by atoms with Crippen molar-refractivity contribution in [3.8, 4) is 11.8 Å². The number of carbonyl (C=O) groups excluding carboxylic acids is 2. The molecule has 0 aromatic rings. The fraction of sp³-hybridized carbons (Fsp3) is 0.760. The van der Waals surface area contributed by atoms with Gasteiger partial charge in [0.05, 0.1) is 25.4 Å². The molecule has 1 unspecified atom stereocenters. The Morgan fingerprint density at radius 1 is 1.29 bits per heavy atom. The Bertz CT molecular complexity index is 701. The zero-order valence-corrected chi connectivity index (χ0v) is 19.6. The van der Waals surface area contributed by atoms with Crippen LogP contribution >= 0.6 is 0 Å². The van der Waals surface area contributed by atoms with E-state index in [0.29, 0.717) is 19.3 Å². The second kappa shape index (κ2) is 11.7. The maximum Gasteiger partial charge on any atom is 0.305 e. The van der Waals surface area contributed by atoms with E-state index in [-0.39, 0.29) is 47.5 Å². The van der Waals surface area contributed by atoms with Gasteiger partial charge < -0.3 is 19.3 Å². The smallest absolute Gasteiger partial charge is 0.305 e. The summed E-state index contributed by atoms with van der Waals surface area (Å²) in [4.78, 5) is 22.9. The maximum atomic E-state index is 11.6. The highest BCUT2D eigenvalue weighted by Crippen LogP contribution is 2.46. The van der Waals surface area contributed by atoms with Gasteiger partial charge in [-0.05, 0) is 32.1 Å². The van der Waals surface area contributed by atoms with Crippen molar-refractivity contribution in [2.45, 2.75) is 97.1 Å². The van der Waals surface area contributed by atoms with E-state index < -0.39 is 6.10 Å². The van der Waals surface area contributed by atoms with Gasteiger partial charge in [-0.25, -0.2) is 0 Å². The van der Waals surface area contributed by atoms with Gasteiger partial charge in [0.15, 0.2) is 0 Å². The topological polar surface area (TPSA) is 82.1 Å². The van der Waals surface area contributed by atoms with Crippen molar-refractivity contribution >= 4 is 11.9 Å². The number of aliphatic hydroxyl groups is 1. The van der Waals surface area contributed by atoms with Crippen LogP contribution in [0.25, 0.3) is 0 Å². The fourth-order valence-corrected chi connectivity index (χ4v) is 4.61. The van der Waals surface area contributed by atoms with E-state index in [4.69, 9.17) is 9.47 Å². The van der Waals surface area contributed by atoms with Crippen LogP contribution in [0.1, 0.15) is 72.6 Å². The summed E-state index contributed by atoms with van der Waals surface area (Å²) < 4.78 is 16.5. The number of esters is 2. The van der Waals surface area contributed by atoms with Crippen molar-refractivity contribution in [2.24, 2.45) is 17.3 Å². The lowest BCUT2D eigenvalue weighted by molar-refractivity contribution is -0.148. The van der Waals surface area contributed by atoms with E-state index >= 15 is 0 Å². The Morgan fingerprint density at radius 3 is 2.68 bits per heavy atom. The Balaban J connectivity index is 1.98. The number of hydrogen-bond acceptors (Lipinski definition) is 6. The molecule has 1 saturated heterocycles. The Kier molecular flexibility index (Phi) is 9.58. The van der Waals surface area contributed by atoms with E-state index in [2.05, 4.69) is 16.6 Å². The predicted molar refractivity (Wildman–Crippen MR) is 118 cm³/mol. The average molecular weight is 435 g/mol. The van der Waals surface area contributed by atoms with E-state index in [1.54, 1.807) is 6.92 Å². The fourth-order valence-electron chi connectivity index (χ4n) is 4.61. The summed E-state index contributed by atoms with van der Waals surface area (Å²) in [7, 11) is 1.41. The molecule has 1 aliphatic carbocycles. The molecule has 31 heavy (non-hydrogen) atoms. The molecule has 0 aromatic heterocycles. The van der Waals surface area contributed by atoms with Crippen molar-refractivity contribution in [3.63, 3.8) is 0 Å². The average Bonchev–Trinajstić information content (AvgIpc) is 3.24. The third kappa shape index (κ3) is 7.36. The summed E-state index contributed by atoms with van der Waals surface area (Å²) in [6.45, 7) is 7.22. The van der Waals surface area contributed by atoms with Crippen LogP contribution < -0.4 is 0 Å². The Labute approximate surface area is 186 Å². The lowest BCUT2D eigenvalue weighted by atomic mass is 9.82. The van der Waals surface area contributed by atoms with Gasteiger partial charge in [0.1, 0.15) is 6.10 Å². The number of aliphatic hydroxyl groups excluding tert-OH is 1. The van der Waals surface area contributed by atoms with Crippen LogP contribution in [0.3, 0.4) is 0 Å². The zero-order chi connectivity index (χ0) is 23.0. The maximum absolute atomic E-state index is 11.6. The number of unbranched alkanes of at least 4 members (excludes halogenated alkanes) is 1. The van der Waals surface area contributed by atoms with Crippen molar-refractivity contribution in [1.29, 1.82) is 0 Å². The van der Waals surface area contributed by atoms with Crippen molar-refractivity contribution < 1.29 is 28.9 Å². The van der Waals surface area contributed by atoms with Crippen LogP contribution in [-0.2, 0) is 23.8 Å². The van der Waals surface area contributed by atoms with Crippen LogP contribution in [0.2, 0.25) is 0 Å². The highest BCUT2D eigenvalue weighted by Gasteiger charge is 2.49. The summed E-state index contributed by atoms with van der Waals surface area (Å²) in [5, 5.41) is 10.7. The molecule has 0 bridgehead atoms. The summed E-state index contributed by atoms with van der Waals surface area (Å²) in [6.07, 6.45) is 8.45. The third-order valence-corrected chi connectivity index (χ3v) is 6.51. The summed E-state index contributed by atoms with van der Waals surface area (Å²) in [6, 6.07) is 0. The molecule has 0 radical (unpaired) electrons. The number of fused-ring (bicyclic) bond motifs is 1. The van der Waals surface area contributed by atoms with Crippen LogP contribution in [0.15, 0.2) is 12.2 Å². The minimum atomic E-state index is -0.637. The number of ether oxygens (including phenoxy) is 3. The van der Waals surface area contributed by atoms with Gasteiger partial charge in [0.25, 0.3) is 0 Å². The van der Waals surface area contributed by atoms with Gasteiger partial charge in [-0.1, -0.05) is 32.4 Å². The first-order valence-corrected chi connectivity index (χ1v) is 11.3. The number of carbonyl (C=O) groups is 2. The molecular formula is C25H38O6. The second-order valence-corrected chi connectivity index (χ2v) is 9.40. The van der Waals surface area contributed by atoms with Gasteiger partial charge >= 0.3 is 11.9 Å². The number of rotatable bonds is 10. The quantitative estimate of drug-likeness (QED) is 0.244. The SMILES string of the molecule is CC#CCC(C)(C)[C@H](O)C=C[C@H]1C(OC(C)=O)C[C@@H]2O[C@@H](CCCCC(=O)OC)C[C@@H]21. The van der Waals surface area contributed by atoms with E-state index in [0.717, 1.165) is 25.7 Å². The van der Waals surface area contributed by atoms with E-state index in [1.165, 1.54) is 14.0 Å². The van der Waals surface area contributed by atoms with Crippen LogP contribution in [0.5, 0.6) is 0 Å². The molecule has 0 spiro atoms. The van der Waals surface area contributed by atoms with Gasteiger partial charge in [-0.15, -0.1) is 11.8 Å². The molecule has 1 heterocycles. The molecule has 6 heteroatoms. The molecule has 2 rings (SSSR count). The van der Waals surface area contributed by atoms with Crippen molar-refractivity contribution in [3.05, 3.63) is 12.2 Å². The highest BCUT2D eigenvalue weighted by atomic mass is 16.6. The normalized spacial score (nSPS) is 28.6. The van der Waals surface area contributed by atoms with Crippen molar-refractivity contribution in [2.75, 3.05) is 7.11 Å². The Morgan fingerprint density at radius 2 is 2.03 bits per heavy atom. The first-order chi connectivity index (χ1) is 14.7. The molecule has 6 atom stereocenters. The van der Waals surface area contributed by atoms with Crippen LogP contribution in [0, 0.1) is 29.1 Å². The molecule has 2 aliphatic rings. The molecule has 6 nitrogen and oxygen atoms in total. The molecule has 0 amide bonds. The minimum absolute atomic E-state index is 0.0247. The molecule has 174 valence electrons. The standard InChI is InChI=1S/C25H38O6/c1-6-7-14-25(3,4)23(27)13-12-19-20-15-18(10-8-9-11-24(28)29-5)31-22(20)16-21(19)30-17(2)26/h12-13,18-23,27H,8-11,14-16H2,1-5H3/t18-,19+,20+,21?,22-,23+/m0/s1. The minimum Gasteiger partial charge on any atom is -0.469 e. The number of methoxy groups -OCH3 is 1.